The van der Waals surface area contributed by atoms with E-state index in [-0.39, 0.29) is 0 Å². The van der Waals surface area contributed by atoms with Gasteiger partial charge in [0, 0.05) is 32.4 Å². The standard InChI is InChI=1S/C20H23N5O/c1-2-8-19(9-3-1)25-15-18(22-23-25)14-24(16-20-10-6-12-26-20)13-17-7-4-5-11-21-17/h1-5,7-9,11,15,20H,6,10,12-14,16H2/t20-/m0/s1. The molecule has 0 saturated carbocycles. The Labute approximate surface area is 153 Å². The van der Waals surface area contributed by atoms with Crippen LogP contribution in [0.1, 0.15) is 24.2 Å². The molecular weight excluding hydrogens is 326 g/mol. The Morgan fingerprint density at radius 1 is 1.04 bits per heavy atom. The molecule has 3 aromatic rings. The van der Waals surface area contributed by atoms with E-state index in [1.165, 1.54) is 0 Å². The van der Waals surface area contributed by atoms with Gasteiger partial charge in [-0.1, -0.05) is 29.5 Å². The summed E-state index contributed by atoms with van der Waals surface area (Å²) in [6.07, 6.45) is 6.39. The number of hydrogen-bond acceptors (Lipinski definition) is 5. The van der Waals surface area contributed by atoms with Gasteiger partial charge in [-0.2, -0.15) is 0 Å². The molecule has 1 aliphatic rings. The molecule has 134 valence electrons. The number of ether oxygens (including phenoxy) is 1. The number of nitrogens with zero attached hydrogens (tertiary/aromatic N) is 5. The highest BCUT2D eigenvalue weighted by Crippen LogP contribution is 2.16. The SMILES string of the molecule is c1ccc(-n2cc(CN(Cc3ccccn3)C[C@@H]3CCCO3)nn2)cc1. The van der Waals surface area contributed by atoms with Gasteiger partial charge in [0.1, 0.15) is 0 Å². The van der Waals surface area contributed by atoms with Gasteiger partial charge in [-0.3, -0.25) is 9.88 Å². The van der Waals surface area contributed by atoms with Crippen molar-refractivity contribution in [3.05, 3.63) is 72.3 Å². The first-order valence-corrected chi connectivity index (χ1v) is 9.07. The molecule has 1 saturated heterocycles. The second-order valence-corrected chi connectivity index (χ2v) is 6.62. The topological polar surface area (TPSA) is 56.1 Å². The van der Waals surface area contributed by atoms with Crippen molar-refractivity contribution in [3.8, 4) is 5.69 Å². The molecule has 4 rings (SSSR count). The lowest BCUT2D eigenvalue weighted by atomic mass is 10.2. The number of hydrogen-bond donors (Lipinski definition) is 0. The molecule has 3 heterocycles. The third-order valence-electron chi connectivity index (χ3n) is 4.54. The summed E-state index contributed by atoms with van der Waals surface area (Å²) < 4.78 is 7.65. The van der Waals surface area contributed by atoms with Gasteiger partial charge in [0.2, 0.25) is 0 Å². The molecule has 0 unspecified atom stereocenters. The molecule has 1 aliphatic heterocycles. The molecule has 1 fully saturated rings. The summed E-state index contributed by atoms with van der Waals surface area (Å²) >= 11 is 0. The molecule has 6 nitrogen and oxygen atoms in total. The highest BCUT2D eigenvalue weighted by Gasteiger charge is 2.20. The number of rotatable bonds is 7. The van der Waals surface area contributed by atoms with Crippen molar-refractivity contribution < 1.29 is 4.74 Å². The lowest BCUT2D eigenvalue weighted by Gasteiger charge is -2.23. The summed E-state index contributed by atoms with van der Waals surface area (Å²) in [7, 11) is 0. The van der Waals surface area contributed by atoms with Gasteiger partial charge in [-0.15, -0.1) is 5.10 Å². The molecule has 26 heavy (non-hydrogen) atoms. The molecule has 0 bridgehead atoms. The maximum absolute atomic E-state index is 5.83. The van der Waals surface area contributed by atoms with Crippen LogP contribution in [0.5, 0.6) is 0 Å². The van der Waals surface area contributed by atoms with E-state index in [1.54, 1.807) is 0 Å². The van der Waals surface area contributed by atoms with Crippen molar-refractivity contribution in [2.75, 3.05) is 13.2 Å². The zero-order valence-electron chi connectivity index (χ0n) is 14.7. The van der Waals surface area contributed by atoms with Gasteiger partial charge in [0.05, 0.1) is 29.4 Å². The average Bonchev–Trinajstić information content (AvgIpc) is 3.35. The molecule has 2 aromatic heterocycles. The monoisotopic (exact) mass is 349 g/mol. The Kier molecular flexibility index (Phi) is 5.33. The van der Waals surface area contributed by atoms with Crippen LogP contribution in [0.25, 0.3) is 5.69 Å². The molecule has 0 N–H and O–H groups in total. The van der Waals surface area contributed by atoms with Crippen LogP contribution in [-0.2, 0) is 17.8 Å². The third-order valence-corrected chi connectivity index (χ3v) is 4.54. The maximum atomic E-state index is 5.83. The first-order chi connectivity index (χ1) is 12.9. The molecule has 0 amide bonds. The summed E-state index contributed by atoms with van der Waals surface area (Å²) in [5, 5.41) is 8.63. The smallest absolute Gasteiger partial charge is 0.0972 e. The van der Waals surface area contributed by atoms with Crippen molar-refractivity contribution in [2.45, 2.75) is 32.0 Å². The Hall–Kier alpha value is -2.57. The van der Waals surface area contributed by atoms with E-state index in [4.69, 9.17) is 4.74 Å². The van der Waals surface area contributed by atoms with Crippen LogP contribution < -0.4 is 0 Å². The van der Waals surface area contributed by atoms with Gasteiger partial charge in [-0.05, 0) is 37.1 Å². The van der Waals surface area contributed by atoms with Crippen LogP contribution in [0.4, 0.5) is 0 Å². The van der Waals surface area contributed by atoms with Crippen LogP contribution >= 0.6 is 0 Å². The van der Waals surface area contributed by atoms with Crippen molar-refractivity contribution in [1.82, 2.24) is 24.9 Å². The minimum absolute atomic E-state index is 0.294. The van der Waals surface area contributed by atoms with Crippen LogP contribution in [-0.4, -0.2) is 44.1 Å². The van der Waals surface area contributed by atoms with Gasteiger partial charge in [0.25, 0.3) is 0 Å². The average molecular weight is 349 g/mol. The Balaban J connectivity index is 1.47. The van der Waals surface area contributed by atoms with Crippen molar-refractivity contribution in [1.29, 1.82) is 0 Å². The van der Waals surface area contributed by atoms with E-state index in [2.05, 4.69) is 26.3 Å². The number of aromatic nitrogens is 4. The zero-order chi connectivity index (χ0) is 17.6. The number of benzene rings is 1. The summed E-state index contributed by atoms with van der Waals surface area (Å²) in [6.45, 7) is 3.25. The van der Waals surface area contributed by atoms with E-state index in [0.29, 0.717) is 6.10 Å². The number of pyridine rings is 1. The molecular formula is C20H23N5O. The maximum Gasteiger partial charge on any atom is 0.0972 e. The van der Waals surface area contributed by atoms with Crippen LogP contribution in [0.15, 0.2) is 60.9 Å². The Bertz CT molecular complexity index is 799. The van der Waals surface area contributed by atoms with E-state index in [9.17, 15) is 0 Å². The van der Waals surface area contributed by atoms with Crippen LogP contribution in [0.2, 0.25) is 0 Å². The van der Waals surface area contributed by atoms with E-state index in [1.807, 2.05) is 59.5 Å². The third kappa shape index (κ3) is 4.33. The molecule has 0 radical (unpaired) electrons. The quantitative estimate of drug-likeness (QED) is 0.656. The second kappa shape index (κ2) is 8.21. The lowest BCUT2D eigenvalue weighted by Crippen LogP contribution is -2.31. The minimum atomic E-state index is 0.294. The Morgan fingerprint density at radius 3 is 2.65 bits per heavy atom. The Morgan fingerprint density at radius 2 is 1.88 bits per heavy atom. The lowest BCUT2D eigenvalue weighted by molar-refractivity contribution is 0.0670. The normalized spacial score (nSPS) is 17.0. The van der Waals surface area contributed by atoms with Crippen molar-refractivity contribution in [2.24, 2.45) is 0 Å². The van der Waals surface area contributed by atoms with Gasteiger partial charge in [-0.25, -0.2) is 4.68 Å². The highest BCUT2D eigenvalue weighted by atomic mass is 16.5. The molecule has 1 atom stereocenters. The van der Waals surface area contributed by atoms with Gasteiger partial charge >= 0.3 is 0 Å². The molecule has 1 aromatic carbocycles. The fourth-order valence-corrected chi connectivity index (χ4v) is 3.29. The summed E-state index contributed by atoms with van der Waals surface area (Å²) in [6, 6.07) is 16.1. The highest BCUT2D eigenvalue weighted by molar-refractivity contribution is 5.29. The minimum Gasteiger partial charge on any atom is -0.377 e. The molecule has 6 heteroatoms. The predicted molar refractivity (Wildman–Crippen MR) is 98.7 cm³/mol. The zero-order valence-corrected chi connectivity index (χ0v) is 14.7. The molecule has 0 spiro atoms. The summed E-state index contributed by atoms with van der Waals surface area (Å²) in [5.41, 5.74) is 3.02. The second-order valence-electron chi connectivity index (χ2n) is 6.62. The molecule has 0 aliphatic carbocycles. The summed E-state index contributed by atoms with van der Waals surface area (Å²) in [5.74, 6) is 0. The van der Waals surface area contributed by atoms with Crippen LogP contribution in [0.3, 0.4) is 0 Å². The van der Waals surface area contributed by atoms with Gasteiger partial charge in [0.15, 0.2) is 0 Å². The van der Waals surface area contributed by atoms with Crippen molar-refractivity contribution >= 4 is 0 Å². The van der Waals surface area contributed by atoms with E-state index >= 15 is 0 Å². The first kappa shape index (κ1) is 16.9. The fraction of sp³-hybridized carbons (Fsp3) is 0.350. The van der Waals surface area contributed by atoms with Gasteiger partial charge < -0.3 is 4.74 Å². The largest absolute Gasteiger partial charge is 0.377 e. The number of para-hydroxylation sites is 1. The summed E-state index contributed by atoms with van der Waals surface area (Å²) in [4.78, 5) is 6.81. The first-order valence-electron chi connectivity index (χ1n) is 9.07. The fourth-order valence-electron chi connectivity index (χ4n) is 3.29. The predicted octanol–water partition coefficient (Wildman–Crippen LogP) is 2.84. The van der Waals surface area contributed by atoms with E-state index in [0.717, 1.165) is 56.2 Å². The van der Waals surface area contributed by atoms with E-state index < -0.39 is 0 Å². The van der Waals surface area contributed by atoms with Crippen LogP contribution in [0, 0.1) is 0 Å². The van der Waals surface area contributed by atoms with Crippen molar-refractivity contribution in [3.63, 3.8) is 0 Å².